The van der Waals surface area contributed by atoms with E-state index in [4.69, 9.17) is 9.47 Å². The summed E-state index contributed by atoms with van der Waals surface area (Å²) in [6, 6.07) is 0. The highest BCUT2D eigenvalue weighted by atomic mass is 127. The summed E-state index contributed by atoms with van der Waals surface area (Å²) in [6.45, 7) is 9.22. The number of hydrogen-bond donors (Lipinski definition) is 1. The second-order valence-electron chi connectivity index (χ2n) is 6.13. The van der Waals surface area contributed by atoms with Gasteiger partial charge in [-0.2, -0.15) is 0 Å². The molecule has 144 valence electrons. The highest BCUT2D eigenvalue weighted by Gasteiger charge is 2.24. The molecule has 1 unspecified atom stereocenters. The maximum Gasteiger partial charge on any atom is 0.193 e. The van der Waals surface area contributed by atoms with Gasteiger partial charge in [-0.05, 0) is 20.3 Å². The molecule has 6 nitrogen and oxygen atoms in total. The van der Waals surface area contributed by atoms with Crippen LogP contribution in [0.2, 0.25) is 0 Å². The van der Waals surface area contributed by atoms with E-state index >= 15 is 0 Å². The van der Waals surface area contributed by atoms with Crippen LogP contribution < -0.4 is 5.32 Å². The second-order valence-corrected chi connectivity index (χ2v) is 7.42. The van der Waals surface area contributed by atoms with Crippen LogP contribution in [0.4, 0.5) is 0 Å². The van der Waals surface area contributed by atoms with Crippen LogP contribution in [0.5, 0.6) is 0 Å². The summed E-state index contributed by atoms with van der Waals surface area (Å²) in [5.74, 6) is 1.57. The molecule has 0 saturated carbocycles. The third-order valence-corrected chi connectivity index (χ3v) is 5.35. The van der Waals surface area contributed by atoms with Crippen LogP contribution >= 0.6 is 35.3 Å². The summed E-state index contributed by atoms with van der Waals surface area (Å²) < 4.78 is 10.7. The van der Waals surface area contributed by atoms with Gasteiger partial charge in [0.2, 0.25) is 0 Å². The molecule has 0 amide bonds. The van der Waals surface area contributed by atoms with E-state index in [9.17, 15) is 0 Å². The predicted molar refractivity (Wildman–Crippen MR) is 114 cm³/mol. The molecule has 1 aliphatic heterocycles. The standard InChI is InChI=1S/C17H30N4O2S.HI/c1-13-16(24-14(2)20-13)5-7-19-17(18-3)21-8-6-15(11-21)12-23-10-9-22-4;/h15H,5-12H2,1-4H3,(H,18,19);1H. The molecule has 1 aromatic rings. The average Bonchev–Trinajstić information content (AvgIpc) is 3.15. The molecule has 1 N–H and O–H groups in total. The molecule has 1 saturated heterocycles. The van der Waals surface area contributed by atoms with Crippen LogP contribution in [-0.4, -0.2) is 69.5 Å². The van der Waals surface area contributed by atoms with Crippen molar-refractivity contribution in [3.05, 3.63) is 15.6 Å². The smallest absolute Gasteiger partial charge is 0.193 e. The molecule has 1 atom stereocenters. The molecule has 2 heterocycles. The Hall–Kier alpha value is -0.450. The molecule has 1 aromatic heterocycles. The summed E-state index contributed by atoms with van der Waals surface area (Å²) in [4.78, 5) is 12.6. The lowest BCUT2D eigenvalue weighted by Crippen LogP contribution is -2.41. The first-order valence-corrected chi connectivity index (χ1v) is 9.40. The van der Waals surface area contributed by atoms with E-state index in [0.717, 1.165) is 55.7 Å². The van der Waals surface area contributed by atoms with Crippen molar-refractivity contribution in [1.82, 2.24) is 15.2 Å². The molecule has 8 heteroatoms. The number of nitrogens with one attached hydrogen (secondary N) is 1. The monoisotopic (exact) mass is 482 g/mol. The number of ether oxygens (including phenoxy) is 2. The molecular weight excluding hydrogens is 451 g/mol. The maximum absolute atomic E-state index is 5.66. The second kappa shape index (κ2) is 12.0. The third-order valence-electron chi connectivity index (χ3n) is 4.22. The highest BCUT2D eigenvalue weighted by molar-refractivity contribution is 14.0. The molecule has 0 aromatic carbocycles. The first kappa shape index (κ1) is 22.6. The van der Waals surface area contributed by atoms with Crippen molar-refractivity contribution in [3.63, 3.8) is 0 Å². The van der Waals surface area contributed by atoms with Gasteiger partial charge in [0.25, 0.3) is 0 Å². The van der Waals surface area contributed by atoms with Crippen molar-refractivity contribution in [1.29, 1.82) is 0 Å². The number of halogens is 1. The van der Waals surface area contributed by atoms with E-state index in [1.807, 2.05) is 7.05 Å². The Morgan fingerprint density at radius 1 is 1.40 bits per heavy atom. The Labute approximate surface area is 172 Å². The van der Waals surface area contributed by atoms with Gasteiger partial charge in [0.15, 0.2) is 5.96 Å². The highest BCUT2D eigenvalue weighted by Crippen LogP contribution is 2.18. The molecule has 0 aliphatic carbocycles. The van der Waals surface area contributed by atoms with Crippen LogP contribution in [0.1, 0.15) is 22.0 Å². The Morgan fingerprint density at radius 2 is 2.20 bits per heavy atom. The van der Waals surface area contributed by atoms with E-state index in [0.29, 0.717) is 19.1 Å². The number of aromatic nitrogens is 1. The Balaban J connectivity index is 0.00000312. The maximum atomic E-state index is 5.66. The van der Waals surface area contributed by atoms with Crippen molar-refractivity contribution < 1.29 is 9.47 Å². The zero-order valence-corrected chi connectivity index (χ0v) is 18.9. The van der Waals surface area contributed by atoms with E-state index in [1.165, 1.54) is 4.88 Å². The molecule has 1 aliphatic rings. The van der Waals surface area contributed by atoms with E-state index in [2.05, 4.69) is 34.0 Å². The number of thiazole rings is 1. The number of aryl methyl sites for hydroxylation is 2. The largest absolute Gasteiger partial charge is 0.382 e. The van der Waals surface area contributed by atoms with Crippen LogP contribution in [0.25, 0.3) is 0 Å². The number of aliphatic imine (C=N–C) groups is 1. The summed E-state index contributed by atoms with van der Waals surface area (Å²) in [7, 11) is 3.55. The number of guanidine groups is 1. The van der Waals surface area contributed by atoms with Gasteiger partial charge in [-0.3, -0.25) is 4.99 Å². The molecule has 1 fully saturated rings. The first-order valence-electron chi connectivity index (χ1n) is 8.59. The van der Waals surface area contributed by atoms with Gasteiger partial charge >= 0.3 is 0 Å². The fourth-order valence-corrected chi connectivity index (χ4v) is 3.92. The summed E-state index contributed by atoms with van der Waals surface area (Å²) in [5, 5.41) is 4.63. The average molecular weight is 482 g/mol. The normalized spacial score (nSPS) is 17.7. The zero-order chi connectivity index (χ0) is 17.4. The van der Waals surface area contributed by atoms with Gasteiger partial charge < -0.3 is 19.7 Å². The van der Waals surface area contributed by atoms with Gasteiger partial charge in [-0.25, -0.2) is 4.98 Å². The molecular formula is C17H31IN4O2S. The van der Waals surface area contributed by atoms with E-state index in [1.54, 1.807) is 18.4 Å². The minimum absolute atomic E-state index is 0. The number of likely N-dealkylation sites (tertiary alicyclic amines) is 1. The molecule has 0 radical (unpaired) electrons. The van der Waals surface area contributed by atoms with Crippen LogP contribution in [0, 0.1) is 19.8 Å². The Morgan fingerprint density at radius 3 is 2.84 bits per heavy atom. The van der Waals surface area contributed by atoms with Crippen molar-refractivity contribution in [3.8, 4) is 0 Å². The predicted octanol–water partition coefficient (Wildman–Crippen LogP) is 2.48. The SMILES string of the molecule is CN=C(NCCc1sc(C)nc1C)N1CCC(COCCOC)C1.I. The molecule has 0 spiro atoms. The fraction of sp³-hybridized carbons (Fsp3) is 0.765. The molecule has 25 heavy (non-hydrogen) atoms. The number of hydrogen-bond acceptors (Lipinski definition) is 5. The van der Waals surface area contributed by atoms with Crippen LogP contribution in [-0.2, 0) is 15.9 Å². The number of methoxy groups -OCH3 is 1. The van der Waals surface area contributed by atoms with Gasteiger partial charge in [0.05, 0.1) is 30.5 Å². The van der Waals surface area contributed by atoms with Gasteiger partial charge in [0, 0.05) is 51.0 Å². The lowest BCUT2D eigenvalue weighted by Gasteiger charge is -2.21. The van der Waals surface area contributed by atoms with Crippen molar-refractivity contribution >= 4 is 41.3 Å². The Bertz CT molecular complexity index is 539. The van der Waals surface area contributed by atoms with Crippen LogP contribution in [0.15, 0.2) is 4.99 Å². The van der Waals surface area contributed by atoms with E-state index in [-0.39, 0.29) is 24.0 Å². The lowest BCUT2D eigenvalue weighted by atomic mass is 10.1. The van der Waals surface area contributed by atoms with Gasteiger partial charge in [-0.1, -0.05) is 0 Å². The van der Waals surface area contributed by atoms with Gasteiger partial charge in [-0.15, -0.1) is 35.3 Å². The third kappa shape index (κ3) is 7.36. The van der Waals surface area contributed by atoms with E-state index < -0.39 is 0 Å². The Kier molecular flexibility index (Phi) is 10.9. The molecule has 2 rings (SSSR count). The van der Waals surface area contributed by atoms with Crippen molar-refractivity contribution in [2.45, 2.75) is 26.7 Å². The molecule has 0 bridgehead atoms. The van der Waals surface area contributed by atoms with Crippen molar-refractivity contribution in [2.24, 2.45) is 10.9 Å². The number of rotatable bonds is 8. The quantitative estimate of drug-likeness (QED) is 0.267. The van der Waals surface area contributed by atoms with Gasteiger partial charge in [0.1, 0.15) is 0 Å². The lowest BCUT2D eigenvalue weighted by molar-refractivity contribution is 0.0536. The topological polar surface area (TPSA) is 59.0 Å². The van der Waals surface area contributed by atoms with Crippen molar-refractivity contribution in [2.75, 3.05) is 53.6 Å². The minimum atomic E-state index is 0. The fourth-order valence-electron chi connectivity index (χ4n) is 2.98. The summed E-state index contributed by atoms with van der Waals surface area (Å²) >= 11 is 1.79. The summed E-state index contributed by atoms with van der Waals surface area (Å²) in [5.41, 5.74) is 1.16. The first-order chi connectivity index (χ1) is 11.6. The number of nitrogens with zero attached hydrogens (tertiary/aromatic N) is 3. The zero-order valence-electron chi connectivity index (χ0n) is 15.7. The van der Waals surface area contributed by atoms with Crippen LogP contribution in [0.3, 0.4) is 0 Å². The summed E-state index contributed by atoms with van der Waals surface area (Å²) in [6.07, 6.45) is 2.15. The minimum Gasteiger partial charge on any atom is -0.382 e.